The van der Waals surface area contributed by atoms with E-state index in [2.05, 4.69) is 36.5 Å². The number of nitrogens with one attached hydrogen (secondary N) is 2. The summed E-state index contributed by atoms with van der Waals surface area (Å²) in [5.74, 6) is 1.22. The number of guanidine groups is 1. The van der Waals surface area contributed by atoms with Gasteiger partial charge in [-0.3, -0.25) is 5.32 Å². The number of hydrogen-bond acceptors (Lipinski definition) is 9. The van der Waals surface area contributed by atoms with Crippen LogP contribution in [0.3, 0.4) is 0 Å². The summed E-state index contributed by atoms with van der Waals surface area (Å²) in [6, 6.07) is 8.73. The summed E-state index contributed by atoms with van der Waals surface area (Å²) >= 11 is 3.32. The van der Waals surface area contributed by atoms with Crippen molar-refractivity contribution >= 4 is 39.2 Å². The predicted molar refractivity (Wildman–Crippen MR) is 105 cm³/mol. The highest BCUT2D eigenvalue weighted by Crippen LogP contribution is 2.41. The van der Waals surface area contributed by atoms with Crippen LogP contribution in [0.1, 0.15) is 22.7 Å². The van der Waals surface area contributed by atoms with Gasteiger partial charge in [-0.25, -0.2) is 9.98 Å². The maximum atomic E-state index is 9.35. The van der Waals surface area contributed by atoms with Crippen LogP contribution in [0.2, 0.25) is 0 Å². The van der Waals surface area contributed by atoms with Crippen LogP contribution in [0.25, 0.3) is 0 Å². The Kier molecular flexibility index (Phi) is 5.29. The van der Waals surface area contributed by atoms with Crippen molar-refractivity contribution in [1.82, 2.24) is 10.3 Å². The molecule has 9 nitrogen and oxygen atoms in total. The maximum Gasteiger partial charge on any atom is 0.211 e. The number of halogens is 1. The molecule has 0 aliphatic carbocycles. The number of anilines is 3. The highest BCUT2D eigenvalue weighted by Gasteiger charge is 2.29. The zero-order valence-electron chi connectivity index (χ0n) is 14.0. The number of nitriles is 2. The summed E-state index contributed by atoms with van der Waals surface area (Å²) in [4.78, 5) is 8.73. The van der Waals surface area contributed by atoms with Gasteiger partial charge in [-0.2, -0.15) is 10.5 Å². The number of pyridine rings is 1. The Labute approximate surface area is 163 Å². The summed E-state index contributed by atoms with van der Waals surface area (Å²) < 4.78 is 5.65. The van der Waals surface area contributed by atoms with Crippen molar-refractivity contribution in [2.24, 2.45) is 4.99 Å². The number of alkyl halides is 1. The molecule has 0 fully saturated rings. The first kappa shape index (κ1) is 18.3. The van der Waals surface area contributed by atoms with E-state index in [1.807, 2.05) is 36.5 Å². The number of rotatable bonds is 4. The molecule has 0 saturated carbocycles. The molecule has 6 N–H and O–H groups in total. The summed E-state index contributed by atoms with van der Waals surface area (Å²) in [7, 11) is 0. The Hall–Kier alpha value is -3.50. The van der Waals surface area contributed by atoms with Crippen molar-refractivity contribution in [1.29, 1.82) is 10.5 Å². The van der Waals surface area contributed by atoms with Crippen LogP contribution < -0.4 is 26.8 Å². The molecule has 1 aromatic heterocycles. The maximum absolute atomic E-state index is 9.35. The quantitative estimate of drug-likeness (QED) is 0.327. The van der Waals surface area contributed by atoms with E-state index >= 15 is 0 Å². The summed E-state index contributed by atoms with van der Waals surface area (Å²) in [5, 5.41) is 24.3. The summed E-state index contributed by atoms with van der Waals surface area (Å²) in [6.07, 6.45) is 1.82. The Morgan fingerprint density at radius 3 is 2.85 bits per heavy atom. The molecule has 1 aliphatic heterocycles. The molecule has 1 unspecified atom stereocenters. The van der Waals surface area contributed by atoms with Gasteiger partial charge < -0.3 is 21.5 Å². The van der Waals surface area contributed by atoms with Crippen molar-refractivity contribution < 1.29 is 4.74 Å². The van der Waals surface area contributed by atoms with Gasteiger partial charge in [0, 0.05) is 10.9 Å². The summed E-state index contributed by atoms with van der Waals surface area (Å²) in [6.45, 7) is 0.510. The van der Waals surface area contributed by atoms with E-state index in [4.69, 9.17) is 21.5 Å². The van der Waals surface area contributed by atoms with E-state index in [-0.39, 0.29) is 23.0 Å². The van der Waals surface area contributed by atoms with Gasteiger partial charge in [0.1, 0.15) is 35.1 Å². The zero-order valence-corrected chi connectivity index (χ0v) is 15.6. The zero-order chi connectivity index (χ0) is 19.4. The van der Waals surface area contributed by atoms with E-state index in [9.17, 15) is 5.26 Å². The number of fused-ring (bicyclic) bond motifs is 1. The molecule has 136 valence electrons. The molecule has 1 aliphatic rings. The molecule has 2 heterocycles. The van der Waals surface area contributed by atoms with E-state index in [1.54, 1.807) is 0 Å². The third-order valence-corrected chi connectivity index (χ3v) is 4.20. The predicted octanol–water partition coefficient (Wildman–Crippen LogP) is 1.83. The monoisotopic (exact) mass is 426 g/mol. The Bertz CT molecular complexity index is 992. The molecule has 27 heavy (non-hydrogen) atoms. The fraction of sp³-hybridized carbons (Fsp3) is 0.176. The van der Waals surface area contributed by atoms with Crippen LogP contribution in [0.15, 0.2) is 29.3 Å². The van der Waals surface area contributed by atoms with Gasteiger partial charge in [-0.05, 0) is 17.7 Å². The van der Waals surface area contributed by atoms with Crippen molar-refractivity contribution in [2.75, 3.05) is 28.7 Å². The highest BCUT2D eigenvalue weighted by molar-refractivity contribution is 9.09. The Morgan fingerprint density at radius 2 is 2.15 bits per heavy atom. The second-order valence-corrected chi connectivity index (χ2v) is 6.30. The highest BCUT2D eigenvalue weighted by atomic mass is 79.9. The van der Waals surface area contributed by atoms with E-state index in [0.29, 0.717) is 29.1 Å². The van der Waals surface area contributed by atoms with E-state index in [0.717, 1.165) is 5.56 Å². The third-order valence-electron chi connectivity index (χ3n) is 3.88. The molecule has 0 spiro atoms. The second kappa shape index (κ2) is 7.81. The van der Waals surface area contributed by atoms with Crippen molar-refractivity contribution in [3.63, 3.8) is 0 Å². The molecular formula is C17H15BrN8O. The van der Waals surface area contributed by atoms with E-state index in [1.165, 1.54) is 0 Å². The van der Waals surface area contributed by atoms with Crippen molar-refractivity contribution in [3.8, 4) is 18.0 Å². The fourth-order valence-electron chi connectivity index (χ4n) is 2.75. The van der Waals surface area contributed by atoms with Gasteiger partial charge in [-0.15, -0.1) is 0 Å². The molecule has 1 atom stereocenters. The largest absolute Gasteiger partial charge is 0.493 e. The number of aromatic nitrogens is 1. The van der Waals surface area contributed by atoms with Gasteiger partial charge in [-0.1, -0.05) is 28.1 Å². The molecule has 0 radical (unpaired) electrons. The molecule has 0 amide bonds. The fourth-order valence-corrected chi connectivity index (χ4v) is 2.91. The minimum Gasteiger partial charge on any atom is -0.493 e. The molecule has 0 bridgehead atoms. The third kappa shape index (κ3) is 3.57. The normalized spacial score (nSPS) is 14.8. The average molecular weight is 427 g/mol. The lowest BCUT2D eigenvalue weighted by atomic mass is 9.95. The number of ether oxygens (including phenoxy) is 1. The molecule has 1 aromatic carbocycles. The van der Waals surface area contributed by atoms with Gasteiger partial charge in [0.2, 0.25) is 5.96 Å². The number of hydrogen-bond donors (Lipinski definition) is 4. The second-order valence-electron chi connectivity index (χ2n) is 5.51. The van der Waals surface area contributed by atoms with Crippen molar-refractivity contribution in [3.05, 3.63) is 41.0 Å². The Morgan fingerprint density at radius 1 is 1.33 bits per heavy atom. The standard InChI is InChI=1S/C17H15BrN8O/c18-4-5-27-10-3-1-2-9(6-10)14-12-13(21)11(7-19)15(22)25-16(12)26-17(24-14)23-8-20/h1-3,6,14H,4-5H2,(H6,21,22,23,24,25,26). The molecule has 10 heteroatoms. The van der Waals surface area contributed by atoms with Crippen LogP contribution in [0, 0.1) is 22.8 Å². The SMILES string of the molecule is N#CNC1=NC(c2cccc(OCCBr)c2)c2c(nc(N)c(C#N)c2N)N1. The van der Waals surface area contributed by atoms with Crippen molar-refractivity contribution in [2.45, 2.75) is 6.04 Å². The molecule has 3 rings (SSSR count). The lowest BCUT2D eigenvalue weighted by Gasteiger charge is -2.26. The first-order valence-corrected chi connectivity index (χ1v) is 8.98. The number of nitrogen functional groups attached to an aromatic ring is 2. The first-order chi connectivity index (χ1) is 13.1. The van der Waals surface area contributed by atoms with Crippen LogP contribution >= 0.6 is 15.9 Å². The van der Waals surface area contributed by atoms with Gasteiger partial charge >= 0.3 is 0 Å². The summed E-state index contributed by atoms with van der Waals surface area (Å²) in [5.41, 5.74) is 13.6. The first-order valence-electron chi connectivity index (χ1n) is 7.86. The number of nitrogens with zero attached hydrogens (tertiary/aromatic N) is 4. The minimum atomic E-state index is -0.593. The van der Waals surface area contributed by atoms with Crippen LogP contribution in [0.5, 0.6) is 5.75 Å². The molecule has 0 saturated heterocycles. The lowest BCUT2D eigenvalue weighted by molar-refractivity contribution is 0.344. The Balaban J connectivity index is 2.15. The van der Waals surface area contributed by atoms with Gasteiger partial charge in [0.05, 0.1) is 12.3 Å². The smallest absolute Gasteiger partial charge is 0.211 e. The average Bonchev–Trinajstić information content (AvgIpc) is 2.66. The van der Waals surface area contributed by atoms with Crippen LogP contribution in [-0.2, 0) is 0 Å². The number of nitrogens with two attached hydrogens (primary N) is 2. The molecule has 2 aromatic rings. The van der Waals surface area contributed by atoms with Gasteiger partial charge in [0.15, 0.2) is 6.19 Å². The minimum absolute atomic E-state index is 0.00705. The van der Waals surface area contributed by atoms with Crippen LogP contribution in [0.4, 0.5) is 17.3 Å². The van der Waals surface area contributed by atoms with E-state index < -0.39 is 6.04 Å². The number of benzene rings is 1. The number of aliphatic imine (C=N–C) groups is 1. The lowest BCUT2D eigenvalue weighted by Crippen LogP contribution is -2.32. The van der Waals surface area contributed by atoms with Crippen LogP contribution in [-0.4, -0.2) is 22.9 Å². The molecular weight excluding hydrogens is 412 g/mol. The topological polar surface area (TPSA) is 158 Å². The van der Waals surface area contributed by atoms with Gasteiger partial charge in [0.25, 0.3) is 0 Å².